The van der Waals surface area contributed by atoms with Crippen molar-refractivity contribution in [3.63, 3.8) is 0 Å². The summed E-state index contributed by atoms with van der Waals surface area (Å²) in [5.74, 6) is -1.98. The highest BCUT2D eigenvalue weighted by molar-refractivity contribution is 6.46. The molecule has 1 amide bonds. The fourth-order valence-corrected chi connectivity index (χ4v) is 3.81. The second kappa shape index (κ2) is 8.84. The number of amides is 1. The van der Waals surface area contributed by atoms with Crippen LogP contribution in [0.25, 0.3) is 11.1 Å². The number of rotatable bonds is 5. The van der Waals surface area contributed by atoms with Crippen LogP contribution < -0.4 is 4.42 Å². The van der Waals surface area contributed by atoms with E-state index in [4.69, 9.17) is 40.1 Å². The lowest BCUT2D eigenvalue weighted by molar-refractivity contribution is 0.0696. The Morgan fingerprint density at radius 3 is 2.10 bits per heavy atom. The Kier molecular flexibility index (Phi) is 6.45. The molecule has 0 atom stereocenters. The number of carbonyl (C=O) groups is 2. The summed E-state index contributed by atoms with van der Waals surface area (Å²) < 4.78 is 0.811. The van der Waals surface area contributed by atoms with E-state index in [1.165, 1.54) is 0 Å². The number of carbonyl (C=O) groups excluding carboxylic acids is 1. The van der Waals surface area contributed by atoms with Gasteiger partial charge in [-0.15, -0.1) is 0 Å². The number of aliphatic hydroxyl groups is 1. The normalized spacial score (nSPS) is 10.6. The van der Waals surface area contributed by atoms with Crippen LogP contribution >= 0.6 is 35.0 Å². The number of halogens is 3. The number of anilines is 1. The molecule has 0 aromatic heterocycles. The van der Waals surface area contributed by atoms with Crippen molar-refractivity contribution in [3.8, 4) is 11.1 Å². The molecule has 3 aromatic carbocycles. The molecule has 148 valence electrons. The zero-order chi connectivity index (χ0) is 21.1. The highest BCUT2D eigenvalue weighted by atomic mass is 35.5. The zero-order valence-electron chi connectivity index (χ0n) is 14.8. The summed E-state index contributed by atoms with van der Waals surface area (Å²) in [5.41, 5.74) is 1.97. The first kappa shape index (κ1) is 21.1. The summed E-state index contributed by atoms with van der Waals surface area (Å²) in [6.45, 7) is -0.365. The molecule has 0 radical (unpaired) electrons. The number of benzene rings is 3. The molecule has 0 saturated carbocycles. The van der Waals surface area contributed by atoms with Crippen molar-refractivity contribution in [2.45, 2.75) is 6.61 Å². The molecule has 0 aliphatic carbocycles. The van der Waals surface area contributed by atoms with Crippen molar-refractivity contribution in [2.75, 3.05) is 4.42 Å². The first-order valence-electron chi connectivity index (χ1n) is 8.36. The van der Waals surface area contributed by atoms with Crippen molar-refractivity contribution >= 4 is 52.5 Å². The smallest absolute Gasteiger partial charge is 0.335 e. The number of hydrogen-bond acceptors (Lipinski definition) is 3. The van der Waals surface area contributed by atoms with Gasteiger partial charge in [0.2, 0.25) is 0 Å². The molecular weight excluding hydrogens is 437 g/mol. The van der Waals surface area contributed by atoms with Crippen molar-refractivity contribution in [2.24, 2.45) is 0 Å². The molecular formula is C21H14Cl3NO4. The van der Waals surface area contributed by atoms with Crippen LogP contribution in [-0.2, 0) is 6.61 Å². The van der Waals surface area contributed by atoms with Crippen LogP contribution in [0, 0.1) is 0 Å². The van der Waals surface area contributed by atoms with Crippen LogP contribution in [0.15, 0.2) is 60.7 Å². The molecule has 0 aliphatic rings. The summed E-state index contributed by atoms with van der Waals surface area (Å²) in [7, 11) is 0. The van der Waals surface area contributed by atoms with E-state index in [0.29, 0.717) is 11.1 Å². The Hall–Kier alpha value is -2.57. The Labute approximate surface area is 181 Å². The lowest BCUT2D eigenvalue weighted by atomic mass is 9.98. The van der Waals surface area contributed by atoms with Crippen LogP contribution in [0.3, 0.4) is 0 Å². The molecule has 3 rings (SSSR count). The first-order valence-corrected chi connectivity index (χ1v) is 9.45. The molecule has 29 heavy (non-hydrogen) atoms. The molecule has 5 nitrogen and oxygen atoms in total. The number of aromatic carboxylic acids is 1. The van der Waals surface area contributed by atoms with Crippen molar-refractivity contribution in [1.29, 1.82) is 0 Å². The van der Waals surface area contributed by atoms with E-state index in [-0.39, 0.29) is 33.5 Å². The second-order valence-electron chi connectivity index (χ2n) is 6.03. The van der Waals surface area contributed by atoms with Gasteiger partial charge in [-0.05, 0) is 29.3 Å². The van der Waals surface area contributed by atoms with Crippen LogP contribution in [-0.4, -0.2) is 22.1 Å². The first-order chi connectivity index (χ1) is 13.8. The van der Waals surface area contributed by atoms with Gasteiger partial charge in [-0.3, -0.25) is 4.79 Å². The number of hydrogen-bond donors (Lipinski definition) is 2. The fourth-order valence-electron chi connectivity index (χ4n) is 2.92. The highest BCUT2D eigenvalue weighted by Gasteiger charge is 2.26. The van der Waals surface area contributed by atoms with E-state index in [2.05, 4.69) is 0 Å². The molecule has 0 heterocycles. The minimum absolute atomic E-state index is 0.137. The molecule has 0 bridgehead atoms. The number of nitrogens with zero attached hydrogens (tertiary/aromatic N) is 1. The second-order valence-corrected chi connectivity index (χ2v) is 7.19. The third-order valence-electron chi connectivity index (χ3n) is 4.29. The monoisotopic (exact) mass is 449 g/mol. The average molecular weight is 451 g/mol. The van der Waals surface area contributed by atoms with Gasteiger partial charge in [0.25, 0.3) is 5.91 Å². The topological polar surface area (TPSA) is 77.8 Å². The molecule has 3 aromatic rings. The number of aliphatic hydroxyl groups excluding tert-OH is 1. The van der Waals surface area contributed by atoms with Gasteiger partial charge in [0.05, 0.1) is 33.5 Å². The molecule has 0 spiro atoms. The Balaban J connectivity index is 2.07. The van der Waals surface area contributed by atoms with E-state index >= 15 is 0 Å². The summed E-state index contributed by atoms with van der Waals surface area (Å²) in [4.78, 5) is 24.1. The van der Waals surface area contributed by atoms with Crippen LogP contribution in [0.5, 0.6) is 0 Å². The number of carboxylic acid groups (broad SMARTS) is 1. The van der Waals surface area contributed by atoms with Gasteiger partial charge in [-0.2, -0.15) is 0 Å². The largest absolute Gasteiger partial charge is 0.478 e. The zero-order valence-corrected chi connectivity index (χ0v) is 17.0. The maximum Gasteiger partial charge on any atom is 0.335 e. The maximum absolute atomic E-state index is 13.0. The molecule has 0 unspecified atom stereocenters. The van der Waals surface area contributed by atoms with Crippen molar-refractivity contribution in [1.82, 2.24) is 0 Å². The lowest BCUT2D eigenvalue weighted by Crippen LogP contribution is -2.23. The van der Waals surface area contributed by atoms with Gasteiger partial charge in [-0.25, -0.2) is 9.21 Å². The molecule has 8 heteroatoms. The van der Waals surface area contributed by atoms with Gasteiger partial charge in [0, 0.05) is 17.3 Å². The van der Waals surface area contributed by atoms with Crippen molar-refractivity contribution < 1.29 is 19.8 Å². The van der Waals surface area contributed by atoms with E-state index in [9.17, 15) is 14.7 Å². The Morgan fingerprint density at radius 2 is 1.55 bits per heavy atom. The quantitative estimate of drug-likeness (QED) is 0.492. The Morgan fingerprint density at radius 1 is 0.931 bits per heavy atom. The van der Waals surface area contributed by atoms with Gasteiger partial charge in [-0.1, -0.05) is 65.7 Å². The average Bonchev–Trinajstić information content (AvgIpc) is 2.72. The SMILES string of the molecule is O=C(O)c1cc(Cl)c(C(=O)N(Cl)c2cccc(-c3ccccc3)c2CO)c(Cl)c1. The third kappa shape index (κ3) is 4.23. The van der Waals surface area contributed by atoms with Crippen LogP contribution in [0.4, 0.5) is 5.69 Å². The summed E-state index contributed by atoms with van der Waals surface area (Å²) in [6.07, 6.45) is 0. The van der Waals surface area contributed by atoms with E-state index in [1.807, 2.05) is 30.3 Å². The molecule has 2 N–H and O–H groups in total. The molecule has 0 aliphatic heterocycles. The lowest BCUT2D eigenvalue weighted by Gasteiger charge is -2.20. The minimum Gasteiger partial charge on any atom is -0.478 e. The predicted molar refractivity (Wildman–Crippen MR) is 114 cm³/mol. The van der Waals surface area contributed by atoms with Crippen molar-refractivity contribution in [3.05, 3.63) is 87.4 Å². The van der Waals surface area contributed by atoms with Crippen LogP contribution in [0.1, 0.15) is 26.3 Å². The maximum atomic E-state index is 13.0. The van der Waals surface area contributed by atoms with Gasteiger partial charge in [0.15, 0.2) is 0 Å². The fraction of sp³-hybridized carbons (Fsp3) is 0.0476. The van der Waals surface area contributed by atoms with E-state index < -0.39 is 11.9 Å². The third-order valence-corrected chi connectivity index (χ3v) is 5.22. The summed E-state index contributed by atoms with van der Waals surface area (Å²) >= 11 is 18.5. The van der Waals surface area contributed by atoms with Gasteiger partial charge >= 0.3 is 5.97 Å². The van der Waals surface area contributed by atoms with E-state index in [1.54, 1.807) is 18.2 Å². The van der Waals surface area contributed by atoms with Gasteiger partial charge < -0.3 is 10.2 Å². The minimum atomic E-state index is -1.23. The molecule has 0 saturated heterocycles. The highest BCUT2D eigenvalue weighted by Crippen LogP contribution is 2.35. The predicted octanol–water partition coefficient (Wildman–Crippen LogP) is 5.65. The van der Waals surface area contributed by atoms with E-state index in [0.717, 1.165) is 22.1 Å². The Bertz CT molecular complexity index is 1060. The number of carboxylic acids is 1. The molecule has 0 fully saturated rings. The van der Waals surface area contributed by atoms with Gasteiger partial charge in [0.1, 0.15) is 0 Å². The summed E-state index contributed by atoms with van der Waals surface area (Å²) in [5, 5.41) is 18.8. The standard InChI is InChI=1S/C21H14Cl3NO4/c22-16-9-13(21(28)29)10-17(23)19(16)20(27)25(24)18-8-4-7-14(15(18)11-26)12-5-2-1-3-6-12/h1-10,26H,11H2,(H,28,29). The summed E-state index contributed by atoms with van der Waals surface area (Å²) in [6, 6.07) is 16.7. The van der Waals surface area contributed by atoms with Crippen LogP contribution in [0.2, 0.25) is 10.0 Å².